The van der Waals surface area contributed by atoms with Crippen molar-refractivity contribution >= 4 is 27.6 Å². The molecule has 1 aromatic carbocycles. The zero-order chi connectivity index (χ0) is 19.0. The molecule has 0 saturated carbocycles. The highest BCUT2D eigenvalue weighted by Gasteiger charge is 2.23. The molecule has 0 aliphatic rings. The number of amides is 1. The quantitative estimate of drug-likeness (QED) is 0.632. The highest BCUT2D eigenvalue weighted by molar-refractivity contribution is 7.92. The Morgan fingerprint density at radius 3 is 2.48 bits per heavy atom. The minimum Gasteiger partial charge on any atom is -0.454 e. The standard InChI is InChI=1S/C16H24N2O6S/c1-12-7-5-6-8-14(12)18(25(4,21)22)9-16(20)24-11-15(19)17-13(2)10-23-3/h5-8,13H,9-11H2,1-4H3,(H,17,19). The van der Waals surface area contributed by atoms with Crippen molar-refractivity contribution in [1.29, 1.82) is 0 Å². The van der Waals surface area contributed by atoms with E-state index in [1.54, 1.807) is 38.1 Å². The Hall–Kier alpha value is -2.13. The van der Waals surface area contributed by atoms with E-state index < -0.39 is 35.1 Å². The van der Waals surface area contributed by atoms with Gasteiger partial charge in [-0.15, -0.1) is 0 Å². The highest BCUT2D eigenvalue weighted by Crippen LogP contribution is 2.21. The highest BCUT2D eigenvalue weighted by atomic mass is 32.2. The van der Waals surface area contributed by atoms with Gasteiger partial charge >= 0.3 is 5.97 Å². The first kappa shape index (κ1) is 20.9. The second-order valence-electron chi connectivity index (χ2n) is 5.64. The summed E-state index contributed by atoms with van der Waals surface area (Å²) < 4.78 is 34.7. The topological polar surface area (TPSA) is 102 Å². The number of aryl methyl sites for hydroxylation is 1. The van der Waals surface area contributed by atoms with E-state index in [0.29, 0.717) is 17.9 Å². The smallest absolute Gasteiger partial charge is 0.327 e. The molecule has 140 valence electrons. The third-order valence-electron chi connectivity index (χ3n) is 3.25. The van der Waals surface area contributed by atoms with Crippen molar-refractivity contribution in [3.63, 3.8) is 0 Å². The molecule has 1 aromatic rings. The van der Waals surface area contributed by atoms with Crippen LogP contribution in [0.1, 0.15) is 12.5 Å². The average molecular weight is 372 g/mol. The Bertz CT molecular complexity index is 704. The molecule has 1 N–H and O–H groups in total. The number of sulfonamides is 1. The third-order valence-corrected chi connectivity index (χ3v) is 4.37. The van der Waals surface area contributed by atoms with E-state index in [2.05, 4.69) is 5.32 Å². The summed E-state index contributed by atoms with van der Waals surface area (Å²) in [5.74, 6) is -1.30. The van der Waals surface area contributed by atoms with Crippen molar-refractivity contribution in [2.75, 3.05) is 37.4 Å². The van der Waals surface area contributed by atoms with E-state index in [0.717, 1.165) is 10.6 Å². The van der Waals surface area contributed by atoms with Crippen LogP contribution in [0.5, 0.6) is 0 Å². The second-order valence-corrected chi connectivity index (χ2v) is 7.55. The van der Waals surface area contributed by atoms with E-state index in [1.165, 1.54) is 7.11 Å². The number of nitrogens with one attached hydrogen (secondary N) is 1. The summed E-state index contributed by atoms with van der Waals surface area (Å²) in [4.78, 5) is 23.6. The summed E-state index contributed by atoms with van der Waals surface area (Å²) in [5, 5.41) is 2.59. The molecule has 0 heterocycles. The van der Waals surface area contributed by atoms with E-state index >= 15 is 0 Å². The number of hydrogen-bond acceptors (Lipinski definition) is 6. The monoisotopic (exact) mass is 372 g/mol. The Balaban J connectivity index is 2.69. The Morgan fingerprint density at radius 2 is 1.92 bits per heavy atom. The van der Waals surface area contributed by atoms with E-state index in [9.17, 15) is 18.0 Å². The van der Waals surface area contributed by atoms with E-state index in [1.807, 2.05) is 0 Å². The number of carbonyl (C=O) groups excluding carboxylic acids is 2. The largest absolute Gasteiger partial charge is 0.454 e. The molecule has 1 unspecified atom stereocenters. The van der Waals surface area contributed by atoms with Crippen LogP contribution in [0.2, 0.25) is 0 Å². The van der Waals surface area contributed by atoms with Gasteiger partial charge in [0, 0.05) is 13.2 Å². The molecule has 0 radical (unpaired) electrons. The van der Waals surface area contributed by atoms with E-state index in [-0.39, 0.29) is 6.04 Å². The molecule has 0 saturated heterocycles. The van der Waals surface area contributed by atoms with Crippen molar-refractivity contribution in [2.45, 2.75) is 19.9 Å². The lowest BCUT2D eigenvalue weighted by Gasteiger charge is -2.23. The van der Waals surface area contributed by atoms with Crippen molar-refractivity contribution in [3.05, 3.63) is 29.8 Å². The van der Waals surface area contributed by atoms with E-state index in [4.69, 9.17) is 9.47 Å². The van der Waals surface area contributed by atoms with Gasteiger partial charge in [-0.1, -0.05) is 18.2 Å². The van der Waals surface area contributed by atoms with Gasteiger partial charge in [0.1, 0.15) is 6.54 Å². The van der Waals surface area contributed by atoms with Crippen LogP contribution in [0.3, 0.4) is 0 Å². The molecule has 25 heavy (non-hydrogen) atoms. The predicted octanol–water partition coefficient (Wildman–Crippen LogP) is 0.455. The van der Waals surface area contributed by atoms with Crippen molar-refractivity contribution < 1.29 is 27.5 Å². The maximum atomic E-state index is 12.0. The molecule has 0 fully saturated rings. The van der Waals surface area contributed by atoms with Crippen molar-refractivity contribution in [3.8, 4) is 0 Å². The lowest BCUT2D eigenvalue weighted by atomic mass is 10.2. The number of hydrogen-bond donors (Lipinski definition) is 1. The van der Waals surface area contributed by atoms with Gasteiger partial charge in [-0.2, -0.15) is 0 Å². The van der Waals surface area contributed by atoms with Gasteiger partial charge in [-0.3, -0.25) is 13.9 Å². The molecular formula is C16H24N2O6S. The number of carbonyl (C=O) groups is 2. The summed E-state index contributed by atoms with van der Waals surface area (Å²) in [6, 6.07) is 6.56. The van der Waals surface area contributed by atoms with Gasteiger partial charge in [-0.05, 0) is 25.5 Å². The molecule has 9 heteroatoms. The number of esters is 1. The number of benzene rings is 1. The van der Waals surface area contributed by atoms with Crippen LogP contribution < -0.4 is 9.62 Å². The maximum Gasteiger partial charge on any atom is 0.327 e. The van der Waals surface area contributed by atoms with Gasteiger partial charge in [-0.25, -0.2) is 8.42 Å². The lowest BCUT2D eigenvalue weighted by molar-refractivity contribution is -0.147. The molecular weight excluding hydrogens is 348 g/mol. The number of nitrogens with zero attached hydrogens (tertiary/aromatic N) is 1. The van der Waals surface area contributed by atoms with Gasteiger partial charge in [0.2, 0.25) is 10.0 Å². The first-order valence-corrected chi connectivity index (χ1v) is 9.47. The summed E-state index contributed by atoms with van der Waals surface area (Å²) in [6.45, 7) is 2.81. The number of ether oxygens (including phenoxy) is 2. The van der Waals surface area contributed by atoms with Crippen molar-refractivity contribution in [1.82, 2.24) is 5.32 Å². The van der Waals surface area contributed by atoms with Gasteiger partial charge in [0.05, 0.1) is 18.6 Å². The van der Waals surface area contributed by atoms with Crippen LogP contribution in [-0.2, 0) is 29.1 Å². The molecule has 1 amide bonds. The SMILES string of the molecule is COCC(C)NC(=O)COC(=O)CN(c1ccccc1C)S(C)(=O)=O. The van der Waals surface area contributed by atoms with Crippen LogP contribution >= 0.6 is 0 Å². The second kappa shape index (κ2) is 9.38. The fourth-order valence-corrected chi connectivity index (χ4v) is 3.04. The molecule has 0 spiro atoms. The maximum absolute atomic E-state index is 12.0. The van der Waals surface area contributed by atoms with Crippen LogP contribution in [0.4, 0.5) is 5.69 Å². The Labute approximate surface area is 148 Å². The predicted molar refractivity (Wildman–Crippen MR) is 93.8 cm³/mol. The Morgan fingerprint density at radius 1 is 1.28 bits per heavy atom. The van der Waals surface area contributed by atoms with Crippen LogP contribution in [0.25, 0.3) is 0 Å². The average Bonchev–Trinajstić information content (AvgIpc) is 2.50. The molecule has 0 aromatic heterocycles. The molecule has 0 bridgehead atoms. The fraction of sp³-hybridized carbons (Fsp3) is 0.500. The minimum atomic E-state index is -3.69. The van der Waals surface area contributed by atoms with Gasteiger partial charge in [0.15, 0.2) is 6.61 Å². The van der Waals surface area contributed by atoms with Crippen LogP contribution in [0.15, 0.2) is 24.3 Å². The lowest BCUT2D eigenvalue weighted by Crippen LogP contribution is -2.40. The molecule has 0 aliphatic carbocycles. The van der Waals surface area contributed by atoms with Crippen molar-refractivity contribution in [2.24, 2.45) is 0 Å². The summed E-state index contributed by atoms with van der Waals surface area (Å²) >= 11 is 0. The van der Waals surface area contributed by atoms with Gasteiger partial charge < -0.3 is 14.8 Å². The van der Waals surface area contributed by atoms with Crippen LogP contribution in [0, 0.1) is 6.92 Å². The Kier molecular flexibility index (Phi) is 7.85. The molecule has 8 nitrogen and oxygen atoms in total. The number of methoxy groups -OCH3 is 1. The minimum absolute atomic E-state index is 0.226. The number of para-hydroxylation sites is 1. The molecule has 1 atom stereocenters. The molecule has 1 rings (SSSR count). The summed E-state index contributed by atoms with van der Waals surface area (Å²) in [6.07, 6.45) is 1.01. The third kappa shape index (κ3) is 7.10. The normalized spacial score (nSPS) is 12.3. The number of rotatable bonds is 9. The fourth-order valence-electron chi connectivity index (χ4n) is 2.14. The zero-order valence-electron chi connectivity index (χ0n) is 14.8. The van der Waals surface area contributed by atoms with Gasteiger partial charge in [0.25, 0.3) is 5.91 Å². The molecule has 0 aliphatic heterocycles. The first-order valence-electron chi connectivity index (χ1n) is 7.62. The zero-order valence-corrected chi connectivity index (χ0v) is 15.6. The number of anilines is 1. The van der Waals surface area contributed by atoms with Crippen LogP contribution in [-0.4, -0.2) is 59.5 Å². The summed E-state index contributed by atoms with van der Waals surface area (Å²) in [7, 11) is -2.18. The first-order chi connectivity index (χ1) is 11.6. The summed E-state index contributed by atoms with van der Waals surface area (Å²) in [5.41, 5.74) is 1.09.